The van der Waals surface area contributed by atoms with Gasteiger partial charge in [-0.15, -0.1) is 11.3 Å². The summed E-state index contributed by atoms with van der Waals surface area (Å²) in [5.74, 6) is 1.80. The van der Waals surface area contributed by atoms with Crippen molar-refractivity contribution in [3.8, 4) is 0 Å². The molecule has 3 saturated heterocycles. The molecular formula is C22H26F3N5OS. The molecule has 1 spiro atoms. The zero-order valence-electron chi connectivity index (χ0n) is 17.7. The number of nitrogens with zero attached hydrogens (tertiary/aromatic N) is 4. The molecule has 4 aliphatic rings. The zero-order valence-corrected chi connectivity index (χ0v) is 18.5. The quantitative estimate of drug-likeness (QED) is 0.754. The molecule has 1 amide bonds. The van der Waals surface area contributed by atoms with Crippen LogP contribution in [0.1, 0.15) is 30.6 Å². The predicted octanol–water partition coefficient (Wildman–Crippen LogP) is 3.22. The average Bonchev–Trinajstić information content (AvgIpc) is 3.07. The number of nitrogens with one attached hydrogen (secondary N) is 1. The third-order valence-corrected chi connectivity index (χ3v) is 8.81. The van der Waals surface area contributed by atoms with Crippen LogP contribution in [0.2, 0.25) is 0 Å². The van der Waals surface area contributed by atoms with Crippen molar-refractivity contribution in [2.45, 2.75) is 44.3 Å². The maximum Gasteiger partial charge on any atom is 0.393 e. The van der Waals surface area contributed by atoms with Crippen LogP contribution in [0, 0.1) is 17.3 Å². The van der Waals surface area contributed by atoms with E-state index >= 15 is 0 Å². The minimum absolute atomic E-state index is 0.0362. The Morgan fingerprint density at radius 3 is 2.78 bits per heavy atom. The number of amides is 1. The summed E-state index contributed by atoms with van der Waals surface area (Å²) >= 11 is 1.09. The minimum atomic E-state index is -4.24. The lowest BCUT2D eigenvalue weighted by molar-refractivity contribution is -0.135. The summed E-state index contributed by atoms with van der Waals surface area (Å²) < 4.78 is 38.6. The molecule has 0 radical (unpaired) electrons. The van der Waals surface area contributed by atoms with Gasteiger partial charge in [0, 0.05) is 37.6 Å². The fourth-order valence-corrected chi connectivity index (χ4v) is 6.86. The molecule has 1 N–H and O–H groups in total. The first-order chi connectivity index (χ1) is 15.3. The molecular weight excluding hydrogens is 439 g/mol. The number of piperidine rings is 1. The van der Waals surface area contributed by atoms with E-state index in [2.05, 4.69) is 20.2 Å². The van der Waals surface area contributed by atoms with Crippen molar-refractivity contribution in [3.05, 3.63) is 17.3 Å². The topological polar surface area (TPSA) is 61.4 Å². The van der Waals surface area contributed by atoms with Crippen molar-refractivity contribution in [3.63, 3.8) is 0 Å². The van der Waals surface area contributed by atoms with Gasteiger partial charge >= 0.3 is 6.18 Å². The first-order valence-corrected chi connectivity index (χ1v) is 12.2. The van der Waals surface area contributed by atoms with Crippen molar-refractivity contribution >= 4 is 33.3 Å². The summed E-state index contributed by atoms with van der Waals surface area (Å²) in [5, 5.41) is 4.14. The van der Waals surface area contributed by atoms with Crippen LogP contribution >= 0.6 is 11.3 Å². The fourth-order valence-electron chi connectivity index (χ4n) is 5.84. The Kier molecular flexibility index (Phi) is 4.70. The van der Waals surface area contributed by atoms with Gasteiger partial charge in [0.25, 0.3) is 0 Å². The minimum Gasteiger partial charge on any atom is -0.355 e. The molecule has 3 atom stereocenters. The van der Waals surface area contributed by atoms with E-state index in [0.29, 0.717) is 27.5 Å². The number of halogens is 3. The highest BCUT2D eigenvalue weighted by Gasteiger charge is 2.51. The number of hydrogen-bond donors (Lipinski definition) is 1. The molecule has 10 heteroatoms. The number of thiophene rings is 1. The number of alkyl halides is 3. The van der Waals surface area contributed by atoms with Crippen LogP contribution in [-0.2, 0) is 11.2 Å². The van der Waals surface area contributed by atoms with Crippen LogP contribution in [0.5, 0.6) is 0 Å². The Morgan fingerprint density at radius 2 is 2.03 bits per heavy atom. The van der Waals surface area contributed by atoms with E-state index in [4.69, 9.17) is 0 Å². The summed E-state index contributed by atoms with van der Waals surface area (Å²) in [7, 11) is 0. The Hall–Kier alpha value is -1.94. The molecule has 172 valence electrons. The monoisotopic (exact) mass is 465 g/mol. The largest absolute Gasteiger partial charge is 0.393 e. The Morgan fingerprint density at radius 1 is 1.22 bits per heavy atom. The number of anilines is 1. The molecule has 1 saturated carbocycles. The molecule has 0 aromatic carbocycles. The van der Waals surface area contributed by atoms with E-state index in [-0.39, 0.29) is 16.8 Å². The van der Waals surface area contributed by atoms with Gasteiger partial charge in [-0.25, -0.2) is 9.97 Å². The zero-order chi connectivity index (χ0) is 22.1. The second kappa shape index (κ2) is 7.28. The highest BCUT2D eigenvalue weighted by molar-refractivity contribution is 7.18. The first-order valence-electron chi connectivity index (χ1n) is 11.4. The van der Waals surface area contributed by atoms with Crippen LogP contribution in [0.25, 0.3) is 10.2 Å². The standard InChI is InChI=1S/C22H26F3N5OS/c23-22(24,25)6-15-5-16-18(27-12-28-19(16)32-15)30-8-13-1-4-29(9-14(13)10-30)20(31)17-7-21(2-3-21)11-26-17/h5,12-14,17,26H,1-4,6-11H2/t13-,14+,17?/m0/s1. The predicted molar refractivity (Wildman–Crippen MR) is 116 cm³/mol. The molecule has 4 fully saturated rings. The normalized spacial score (nSPS) is 29.2. The fraction of sp³-hybridized carbons (Fsp3) is 0.682. The van der Waals surface area contributed by atoms with E-state index < -0.39 is 12.6 Å². The molecule has 0 bridgehead atoms. The van der Waals surface area contributed by atoms with E-state index in [0.717, 1.165) is 62.7 Å². The second-order valence-corrected chi connectivity index (χ2v) is 11.2. The smallest absolute Gasteiger partial charge is 0.355 e. The van der Waals surface area contributed by atoms with Crippen molar-refractivity contribution in [1.29, 1.82) is 0 Å². The molecule has 2 aromatic rings. The number of likely N-dealkylation sites (tertiary alicyclic amines) is 1. The van der Waals surface area contributed by atoms with Gasteiger partial charge in [-0.3, -0.25) is 4.79 Å². The van der Waals surface area contributed by atoms with Crippen molar-refractivity contribution < 1.29 is 18.0 Å². The number of aromatic nitrogens is 2. The number of hydrogen-bond acceptors (Lipinski definition) is 6. The Bertz CT molecular complexity index is 1050. The van der Waals surface area contributed by atoms with Gasteiger partial charge in [0.2, 0.25) is 5.91 Å². The lowest BCUT2D eigenvalue weighted by Crippen LogP contribution is -2.49. The summed E-state index contributed by atoms with van der Waals surface area (Å²) in [4.78, 5) is 26.8. The number of carbonyl (C=O) groups excluding carboxylic acids is 1. The van der Waals surface area contributed by atoms with E-state index in [1.807, 2.05) is 4.90 Å². The third kappa shape index (κ3) is 3.75. The van der Waals surface area contributed by atoms with Crippen LogP contribution in [0.15, 0.2) is 12.4 Å². The van der Waals surface area contributed by atoms with Crippen molar-refractivity contribution in [2.24, 2.45) is 17.3 Å². The van der Waals surface area contributed by atoms with Gasteiger partial charge < -0.3 is 15.1 Å². The highest BCUT2D eigenvalue weighted by Crippen LogP contribution is 2.52. The van der Waals surface area contributed by atoms with Crippen LogP contribution in [0.3, 0.4) is 0 Å². The Labute approximate surface area is 188 Å². The lowest BCUT2D eigenvalue weighted by Gasteiger charge is -2.35. The number of carbonyl (C=O) groups is 1. The number of fused-ring (bicyclic) bond motifs is 2. The van der Waals surface area contributed by atoms with Crippen LogP contribution in [-0.4, -0.2) is 65.7 Å². The van der Waals surface area contributed by atoms with E-state index in [1.54, 1.807) is 6.07 Å². The van der Waals surface area contributed by atoms with E-state index in [1.165, 1.54) is 19.2 Å². The van der Waals surface area contributed by atoms with Crippen molar-refractivity contribution in [2.75, 3.05) is 37.6 Å². The van der Waals surface area contributed by atoms with Gasteiger partial charge in [-0.2, -0.15) is 13.2 Å². The van der Waals surface area contributed by atoms with Gasteiger partial charge in [0.15, 0.2) is 0 Å². The molecule has 6 rings (SSSR count). The highest BCUT2D eigenvalue weighted by atomic mass is 32.1. The van der Waals surface area contributed by atoms with Crippen molar-refractivity contribution in [1.82, 2.24) is 20.2 Å². The molecule has 1 unspecified atom stereocenters. The summed E-state index contributed by atoms with van der Waals surface area (Å²) in [5.41, 5.74) is 0.396. The molecule has 2 aromatic heterocycles. The SMILES string of the molecule is O=C(C1CC2(CC2)CN1)N1CC[C@H]2CN(c3ncnc4sc(CC(F)(F)F)cc34)C[C@H]2C1. The molecule has 3 aliphatic heterocycles. The molecule has 5 heterocycles. The maximum atomic E-state index is 13.1. The van der Waals surface area contributed by atoms with Gasteiger partial charge in [-0.05, 0) is 49.0 Å². The summed E-state index contributed by atoms with van der Waals surface area (Å²) in [6.07, 6.45) is 0.686. The van der Waals surface area contributed by atoms with Crippen LogP contribution in [0.4, 0.5) is 19.0 Å². The van der Waals surface area contributed by atoms with E-state index in [9.17, 15) is 18.0 Å². The average molecular weight is 466 g/mol. The van der Waals surface area contributed by atoms with Gasteiger partial charge in [0.1, 0.15) is 17.0 Å². The summed E-state index contributed by atoms with van der Waals surface area (Å²) in [6, 6.07) is 1.56. The third-order valence-electron chi connectivity index (χ3n) is 7.76. The molecule has 32 heavy (non-hydrogen) atoms. The van der Waals surface area contributed by atoms with Crippen LogP contribution < -0.4 is 10.2 Å². The molecule has 6 nitrogen and oxygen atoms in total. The first kappa shape index (κ1) is 20.7. The lowest BCUT2D eigenvalue weighted by atomic mass is 9.88. The second-order valence-electron chi connectivity index (χ2n) is 10.1. The summed E-state index contributed by atoms with van der Waals surface area (Å²) in [6.45, 7) is 4.10. The maximum absolute atomic E-state index is 13.1. The molecule has 1 aliphatic carbocycles. The van der Waals surface area contributed by atoms with Gasteiger partial charge in [0.05, 0.1) is 17.8 Å². The van der Waals surface area contributed by atoms with Gasteiger partial charge in [-0.1, -0.05) is 0 Å². The number of rotatable bonds is 3. The Balaban J connectivity index is 1.16.